The summed E-state index contributed by atoms with van der Waals surface area (Å²) in [5.41, 5.74) is 54.9. The first-order valence-electron chi connectivity index (χ1n) is 44.7. The average molecular weight is 1610 g/mol. The van der Waals surface area contributed by atoms with E-state index in [4.69, 9.17) is 0 Å². The summed E-state index contributed by atoms with van der Waals surface area (Å²) < 4.78 is 0. The summed E-state index contributed by atoms with van der Waals surface area (Å²) in [7, 11) is 0. The number of nitrogens with zero attached hydrogens (tertiary/aromatic N) is 5. The van der Waals surface area contributed by atoms with Gasteiger partial charge < -0.3 is 24.5 Å². The maximum Gasteiger partial charge on any atom is 0.0857 e. The molecule has 5 nitrogen and oxygen atoms in total. The first-order chi connectivity index (χ1) is 62.7. The lowest BCUT2D eigenvalue weighted by molar-refractivity contribution is 0.751. The van der Waals surface area contributed by atoms with E-state index >= 15 is 0 Å². The second-order valence-corrected chi connectivity index (χ2v) is 34.7. The Balaban J connectivity index is 0.0000000838. The van der Waals surface area contributed by atoms with Crippen LogP contribution in [0.25, 0.3) is 89.1 Å². The molecule has 594 valence electrons. The van der Waals surface area contributed by atoms with Gasteiger partial charge in [-0.2, -0.15) is 0 Å². The molecule has 10 aliphatic heterocycles. The molecule has 0 N–H and O–H groups in total. The van der Waals surface area contributed by atoms with Gasteiger partial charge in [-0.15, -0.1) is 0 Å². The Morgan fingerprint density at radius 2 is 0.468 bits per heavy atom. The summed E-state index contributed by atoms with van der Waals surface area (Å²) in [6.45, 7) is 0. The summed E-state index contributed by atoms with van der Waals surface area (Å²) in [5.74, 6) is 0. The molecule has 0 bridgehead atoms. The quantitative estimate of drug-likeness (QED) is 0.150. The van der Waals surface area contributed by atoms with Crippen molar-refractivity contribution in [3.8, 4) is 66.8 Å². The minimum Gasteiger partial charge on any atom is -0.332 e. The highest BCUT2D eigenvalue weighted by atomic mass is 15.2. The Hall–Kier alpha value is -15.6. The third-order valence-corrected chi connectivity index (χ3v) is 28.5. The molecule has 16 aromatic carbocycles. The molecule has 14 aliphatic rings. The first kappa shape index (κ1) is 72.1. The fraction of sp³-hybridized carbons (Fsp3) is 0.0744. The summed E-state index contributed by atoms with van der Waals surface area (Å²) in [6.07, 6.45) is 22.7. The standard InChI is InChI=1S/C25H17N.4C24H17N/c1-3-13-21-17(9-1)19-11-5-7-15-23(19)26-24-16-8-6-12-20(24)18-10-2-4-14-22(18)25(21)26;3*1-3-11-20-16(8-1)18-10-5-6-14-22(18)25-23-15-7-13-19(23)17-9-2-4-12-21(17)24(20)25;1-2-11-20-16(8-1)18-9-3-5-14-22(18)25-23-15-6-4-10-19(23)17-12-7-13-21(17)24(20)25/h1-16,25H;1-6,8-15,24H,7H2;1-12,14-15,24H,13H2;1-14,24H,15H2;1-12,14-15,24H,13H2. The van der Waals surface area contributed by atoms with Crippen molar-refractivity contribution in [3.05, 3.63) is 532 Å². The van der Waals surface area contributed by atoms with E-state index in [1.807, 2.05) is 0 Å². The van der Waals surface area contributed by atoms with E-state index in [9.17, 15) is 0 Å². The van der Waals surface area contributed by atoms with Gasteiger partial charge in [0.1, 0.15) is 0 Å². The van der Waals surface area contributed by atoms with Crippen LogP contribution in [0.1, 0.15) is 128 Å². The van der Waals surface area contributed by atoms with Crippen LogP contribution in [0.3, 0.4) is 0 Å². The molecule has 5 heteroatoms. The van der Waals surface area contributed by atoms with E-state index in [1.165, 1.54) is 224 Å². The number of hydrogen-bond donors (Lipinski definition) is 0. The zero-order chi connectivity index (χ0) is 82.6. The lowest BCUT2D eigenvalue weighted by Gasteiger charge is -2.45. The van der Waals surface area contributed by atoms with Gasteiger partial charge in [0.2, 0.25) is 0 Å². The van der Waals surface area contributed by atoms with Crippen molar-refractivity contribution in [3.63, 3.8) is 0 Å². The molecule has 0 radical (unpaired) electrons. The van der Waals surface area contributed by atoms with Crippen molar-refractivity contribution >= 4 is 62.1 Å². The van der Waals surface area contributed by atoms with Crippen LogP contribution in [-0.4, -0.2) is 0 Å². The number of para-hydroxylation sites is 7. The van der Waals surface area contributed by atoms with Crippen LogP contribution in [0.4, 0.5) is 39.8 Å². The van der Waals surface area contributed by atoms with Crippen LogP contribution < -0.4 is 24.5 Å². The first-order valence-corrected chi connectivity index (χ1v) is 44.7. The molecular formula is C121H85N5. The van der Waals surface area contributed by atoms with Crippen LogP contribution in [0, 0.1) is 0 Å². The fourth-order valence-electron chi connectivity index (χ4n) is 23.5. The zero-order valence-corrected chi connectivity index (χ0v) is 69.5. The van der Waals surface area contributed by atoms with Gasteiger partial charge in [-0.1, -0.05) is 388 Å². The average Bonchev–Trinajstić information content (AvgIpc) is 1.32. The van der Waals surface area contributed by atoms with Gasteiger partial charge in [-0.3, -0.25) is 0 Å². The maximum absolute atomic E-state index is 2.58. The van der Waals surface area contributed by atoms with Gasteiger partial charge in [0.05, 0.1) is 30.2 Å². The van der Waals surface area contributed by atoms with E-state index in [0.29, 0.717) is 6.04 Å². The molecule has 0 spiro atoms. The monoisotopic (exact) mass is 1610 g/mol. The second kappa shape index (κ2) is 29.1. The Kier molecular flexibility index (Phi) is 16.6. The van der Waals surface area contributed by atoms with Crippen molar-refractivity contribution < 1.29 is 0 Å². The van der Waals surface area contributed by atoms with Gasteiger partial charge >= 0.3 is 0 Å². The summed E-state index contributed by atoms with van der Waals surface area (Å²) in [5, 5.41) is 0. The van der Waals surface area contributed by atoms with Gasteiger partial charge in [-0.05, 0) is 185 Å². The van der Waals surface area contributed by atoms with E-state index in [-0.39, 0.29) is 24.2 Å². The third kappa shape index (κ3) is 10.8. The second-order valence-electron chi connectivity index (χ2n) is 34.7. The maximum atomic E-state index is 2.58. The van der Waals surface area contributed by atoms with Gasteiger partial charge in [0.25, 0.3) is 0 Å². The predicted molar refractivity (Wildman–Crippen MR) is 522 cm³/mol. The minimum absolute atomic E-state index is 0.215. The van der Waals surface area contributed by atoms with Gasteiger partial charge in [-0.25, -0.2) is 0 Å². The number of anilines is 7. The molecule has 30 rings (SSSR count). The van der Waals surface area contributed by atoms with E-state index in [1.54, 1.807) is 0 Å². The van der Waals surface area contributed by atoms with Crippen molar-refractivity contribution in [2.45, 2.75) is 55.9 Å². The summed E-state index contributed by atoms with van der Waals surface area (Å²) in [6, 6.07) is 143. The van der Waals surface area contributed by atoms with Crippen LogP contribution in [0.15, 0.2) is 460 Å². The van der Waals surface area contributed by atoms with Crippen molar-refractivity contribution in [1.82, 2.24) is 0 Å². The molecule has 4 aliphatic carbocycles. The smallest absolute Gasteiger partial charge is 0.0857 e. The predicted octanol–water partition coefficient (Wildman–Crippen LogP) is 30.7. The fourth-order valence-corrected chi connectivity index (χ4v) is 23.5. The van der Waals surface area contributed by atoms with Crippen LogP contribution in [-0.2, 0) is 0 Å². The van der Waals surface area contributed by atoms with Crippen LogP contribution >= 0.6 is 0 Å². The lowest BCUT2D eigenvalue weighted by Crippen LogP contribution is -2.36. The number of rotatable bonds is 0. The van der Waals surface area contributed by atoms with Crippen molar-refractivity contribution in [2.24, 2.45) is 0 Å². The van der Waals surface area contributed by atoms with E-state index < -0.39 is 0 Å². The molecule has 16 aromatic rings. The molecule has 126 heavy (non-hydrogen) atoms. The number of allylic oxidation sites excluding steroid dienone is 12. The minimum atomic E-state index is 0.215. The Bertz CT molecular complexity index is 7210. The molecule has 0 saturated carbocycles. The van der Waals surface area contributed by atoms with Crippen LogP contribution in [0.5, 0.6) is 0 Å². The summed E-state index contributed by atoms with van der Waals surface area (Å²) in [4.78, 5) is 12.8. The number of fused-ring (bicyclic) bond motifs is 52. The largest absolute Gasteiger partial charge is 0.332 e. The molecule has 4 unspecified atom stereocenters. The normalized spacial score (nSPS) is 18.0. The molecule has 4 atom stereocenters. The molecule has 0 aromatic heterocycles. The topological polar surface area (TPSA) is 16.2 Å². The van der Waals surface area contributed by atoms with Gasteiger partial charge in [0.15, 0.2) is 0 Å². The molecular weight excluding hydrogens is 1520 g/mol. The van der Waals surface area contributed by atoms with Crippen molar-refractivity contribution in [1.29, 1.82) is 0 Å². The number of hydrogen-bond acceptors (Lipinski definition) is 5. The lowest BCUT2D eigenvalue weighted by atomic mass is 9.78. The number of benzene rings is 16. The highest BCUT2D eigenvalue weighted by Gasteiger charge is 2.46. The third-order valence-electron chi connectivity index (χ3n) is 28.5. The molecule has 10 heterocycles. The van der Waals surface area contributed by atoms with Crippen molar-refractivity contribution in [2.75, 3.05) is 24.5 Å². The molecule has 0 fully saturated rings. The SMILES string of the molecule is C1=C2C(=CC1)N1c3ccccc3-c3ccccc3C1c1ccccc12.C1=CC2=C(C1)C1c3ccccc3-c3ccccc3N1c1ccccc12.C1=CC2=C(C1)N1c3ccccc3-c3ccccc3C1c1ccccc12.C1=CC2=C(C1)c1ccccc1C1c3ccccc3-c3ccccc3N21.c1ccc2c(c1)-c1ccccc1N1c3ccccc3-c3ccccc3C21. The Morgan fingerprint density at radius 1 is 0.190 bits per heavy atom. The van der Waals surface area contributed by atoms with E-state index in [2.05, 4.69) is 461 Å². The van der Waals surface area contributed by atoms with E-state index in [0.717, 1.165) is 25.7 Å². The summed E-state index contributed by atoms with van der Waals surface area (Å²) >= 11 is 0. The Morgan fingerprint density at radius 3 is 0.921 bits per heavy atom. The molecule has 0 saturated heterocycles. The zero-order valence-electron chi connectivity index (χ0n) is 69.5. The Labute approximate surface area is 736 Å². The molecule has 0 amide bonds. The van der Waals surface area contributed by atoms with Crippen LogP contribution in [0.2, 0.25) is 0 Å². The van der Waals surface area contributed by atoms with Gasteiger partial charge in [0, 0.05) is 113 Å². The highest BCUT2D eigenvalue weighted by Crippen LogP contribution is 2.63. The highest BCUT2D eigenvalue weighted by molar-refractivity contribution is 6.03.